The topological polar surface area (TPSA) is 84.3 Å². The third kappa shape index (κ3) is 5.90. The van der Waals surface area contributed by atoms with E-state index in [2.05, 4.69) is 10.3 Å². The summed E-state index contributed by atoms with van der Waals surface area (Å²) in [5.74, 6) is -0.501. The molecule has 1 aliphatic rings. The smallest absolute Gasteiger partial charge is 0.243 e. The second-order valence-corrected chi connectivity index (χ2v) is 11.3. The molecule has 0 atom stereocenters. The van der Waals surface area contributed by atoms with Crippen LogP contribution in [0.3, 0.4) is 0 Å². The second-order valence-electron chi connectivity index (χ2n) is 8.91. The van der Waals surface area contributed by atoms with Crippen LogP contribution in [0.5, 0.6) is 0 Å². The molecular formula is C27H24ClFN4O3S. The predicted molar refractivity (Wildman–Crippen MR) is 141 cm³/mol. The number of nitrogens with one attached hydrogen (secondary N) is 1. The summed E-state index contributed by atoms with van der Waals surface area (Å²) in [7, 11) is -3.92. The van der Waals surface area contributed by atoms with E-state index in [4.69, 9.17) is 11.6 Å². The summed E-state index contributed by atoms with van der Waals surface area (Å²) in [6.45, 7) is -0.127. The quantitative estimate of drug-likeness (QED) is 0.310. The van der Waals surface area contributed by atoms with E-state index in [1.165, 1.54) is 40.7 Å². The zero-order chi connectivity index (χ0) is 26.0. The summed E-state index contributed by atoms with van der Waals surface area (Å²) in [6.07, 6.45) is 3.58. The van der Waals surface area contributed by atoms with Gasteiger partial charge in [-0.05, 0) is 67.3 Å². The highest BCUT2D eigenvalue weighted by Crippen LogP contribution is 2.32. The van der Waals surface area contributed by atoms with Gasteiger partial charge in [-0.2, -0.15) is 4.31 Å². The molecule has 7 nitrogen and oxygen atoms in total. The molecule has 1 fully saturated rings. The number of carbonyl (C=O) groups is 1. The van der Waals surface area contributed by atoms with Crippen LogP contribution in [0.4, 0.5) is 10.3 Å². The first-order valence-electron chi connectivity index (χ1n) is 11.8. The molecule has 0 saturated heterocycles. The predicted octanol–water partition coefficient (Wildman–Crippen LogP) is 5.37. The molecule has 4 aromatic rings. The maximum atomic E-state index is 13.5. The largest absolute Gasteiger partial charge is 0.294 e. The number of anilines is 1. The number of rotatable bonds is 9. The minimum absolute atomic E-state index is 0.0736. The lowest BCUT2D eigenvalue weighted by atomic mass is 10.2. The van der Waals surface area contributed by atoms with E-state index in [0.717, 1.165) is 18.4 Å². The Morgan fingerprint density at radius 3 is 2.35 bits per heavy atom. The Hall–Kier alpha value is -3.53. The molecule has 1 saturated carbocycles. The molecule has 37 heavy (non-hydrogen) atoms. The number of amides is 1. The first kappa shape index (κ1) is 25.1. The van der Waals surface area contributed by atoms with Crippen LogP contribution in [0.25, 0.3) is 16.9 Å². The van der Waals surface area contributed by atoms with E-state index in [1.54, 1.807) is 22.9 Å². The minimum Gasteiger partial charge on any atom is -0.294 e. The van der Waals surface area contributed by atoms with Crippen LogP contribution < -0.4 is 5.32 Å². The van der Waals surface area contributed by atoms with E-state index >= 15 is 0 Å². The van der Waals surface area contributed by atoms with Gasteiger partial charge in [-0.1, -0.05) is 41.9 Å². The third-order valence-electron chi connectivity index (χ3n) is 6.06. The lowest BCUT2D eigenvalue weighted by Gasteiger charge is -2.22. The number of aromatic nitrogens is 2. The van der Waals surface area contributed by atoms with E-state index in [9.17, 15) is 17.6 Å². The number of halogens is 2. The number of sulfonamides is 1. The van der Waals surface area contributed by atoms with Gasteiger partial charge in [0, 0.05) is 29.0 Å². The van der Waals surface area contributed by atoms with Gasteiger partial charge in [0.1, 0.15) is 5.82 Å². The summed E-state index contributed by atoms with van der Waals surface area (Å²) in [6, 6.07) is 21.1. The molecule has 10 heteroatoms. The molecule has 0 spiro atoms. The summed E-state index contributed by atoms with van der Waals surface area (Å²) in [5, 5.41) is 3.19. The standard InChI is InChI=1S/C27H24ClFN4O3S/c28-21-8-14-24(15-9-21)37(35,36)32(16-19-6-7-19)18-26(34)31-27-30-25(20-4-2-1-3-5-20)17-33(27)23-12-10-22(29)11-13-23/h1-5,8-15,17,19H,6-7,16,18H2,(H,30,31,34). The molecule has 3 aromatic carbocycles. The van der Waals surface area contributed by atoms with Gasteiger partial charge in [0.2, 0.25) is 21.9 Å². The Morgan fingerprint density at radius 2 is 1.70 bits per heavy atom. The Kier molecular flexibility index (Phi) is 7.10. The third-order valence-corrected chi connectivity index (χ3v) is 8.14. The number of hydrogen-bond acceptors (Lipinski definition) is 4. The van der Waals surface area contributed by atoms with Crippen molar-refractivity contribution in [2.75, 3.05) is 18.4 Å². The van der Waals surface area contributed by atoms with Crippen molar-refractivity contribution >= 4 is 33.5 Å². The Balaban J connectivity index is 1.43. The van der Waals surface area contributed by atoms with Crippen molar-refractivity contribution in [1.82, 2.24) is 13.9 Å². The van der Waals surface area contributed by atoms with Crippen molar-refractivity contribution in [3.8, 4) is 16.9 Å². The molecule has 1 aromatic heterocycles. The van der Waals surface area contributed by atoms with E-state index in [1.807, 2.05) is 30.3 Å². The van der Waals surface area contributed by atoms with Gasteiger partial charge >= 0.3 is 0 Å². The maximum Gasteiger partial charge on any atom is 0.243 e. The lowest BCUT2D eigenvalue weighted by Crippen LogP contribution is -2.39. The number of benzene rings is 3. The van der Waals surface area contributed by atoms with Gasteiger partial charge in [-0.25, -0.2) is 17.8 Å². The zero-order valence-corrected chi connectivity index (χ0v) is 21.3. The number of hydrogen-bond donors (Lipinski definition) is 1. The maximum absolute atomic E-state index is 13.5. The first-order chi connectivity index (χ1) is 17.8. The summed E-state index contributed by atoms with van der Waals surface area (Å²) < 4.78 is 43.1. The van der Waals surface area contributed by atoms with Crippen molar-refractivity contribution in [1.29, 1.82) is 0 Å². The van der Waals surface area contributed by atoms with Gasteiger partial charge < -0.3 is 0 Å². The molecule has 1 amide bonds. The highest BCUT2D eigenvalue weighted by atomic mass is 35.5. The Labute approximate surface area is 219 Å². The molecule has 5 rings (SSSR count). The Morgan fingerprint density at radius 1 is 1.03 bits per heavy atom. The fraction of sp³-hybridized carbons (Fsp3) is 0.185. The highest BCUT2D eigenvalue weighted by Gasteiger charge is 2.33. The molecule has 190 valence electrons. The van der Waals surface area contributed by atoms with Gasteiger partial charge in [-0.3, -0.25) is 14.7 Å². The fourth-order valence-electron chi connectivity index (χ4n) is 3.93. The van der Waals surface area contributed by atoms with Crippen LogP contribution in [0.1, 0.15) is 12.8 Å². The molecule has 0 unspecified atom stereocenters. The normalized spacial score (nSPS) is 13.6. The van der Waals surface area contributed by atoms with Crippen molar-refractivity contribution in [2.45, 2.75) is 17.7 Å². The highest BCUT2D eigenvalue weighted by molar-refractivity contribution is 7.89. The van der Waals surface area contributed by atoms with Crippen LogP contribution in [0, 0.1) is 11.7 Å². The molecule has 0 aliphatic heterocycles. The number of imidazole rings is 1. The van der Waals surface area contributed by atoms with Gasteiger partial charge in [0.15, 0.2) is 0 Å². The zero-order valence-electron chi connectivity index (χ0n) is 19.7. The molecule has 1 heterocycles. The minimum atomic E-state index is -3.92. The van der Waals surface area contributed by atoms with E-state index < -0.39 is 15.9 Å². The summed E-state index contributed by atoms with van der Waals surface area (Å²) >= 11 is 5.93. The van der Waals surface area contributed by atoms with Gasteiger partial charge in [-0.15, -0.1) is 0 Å². The van der Waals surface area contributed by atoms with Crippen LogP contribution in [-0.2, 0) is 14.8 Å². The van der Waals surface area contributed by atoms with Crippen molar-refractivity contribution < 1.29 is 17.6 Å². The van der Waals surface area contributed by atoms with Crippen LogP contribution >= 0.6 is 11.6 Å². The van der Waals surface area contributed by atoms with Crippen LogP contribution in [-0.4, -0.2) is 41.3 Å². The second kappa shape index (κ2) is 10.5. The number of nitrogens with zero attached hydrogens (tertiary/aromatic N) is 3. The molecule has 1 aliphatic carbocycles. The van der Waals surface area contributed by atoms with E-state index in [-0.39, 0.29) is 35.7 Å². The summed E-state index contributed by atoms with van der Waals surface area (Å²) in [4.78, 5) is 17.8. The molecule has 1 N–H and O–H groups in total. The SMILES string of the molecule is O=C(CN(CC1CC1)S(=O)(=O)c1ccc(Cl)cc1)Nc1nc(-c2ccccc2)cn1-c1ccc(F)cc1. The van der Waals surface area contributed by atoms with Crippen molar-refractivity contribution in [3.63, 3.8) is 0 Å². The molecule has 0 radical (unpaired) electrons. The van der Waals surface area contributed by atoms with Crippen molar-refractivity contribution in [3.05, 3.63) is 95.9 Å². The fourth-order valence-corrected chi connectivity index (χ4v) is 5.53. The van der Waals surface area contributed by atoms with E-state index in [0.29, 0.717) is 16.4 Å². The van der Waals surface area contributed by atoms with Crippen LogP contribution in [0.15, 0.2) is 90.0 Å². The van der Waals surface area contributed by atoms with Gasteiger partial charge in [0.05, 0.1) is 17.1 Å². The average Bonchev–Trinajstić information content (AvgIpc) is 3.62. The molecular weight excluding hydrogens is 515 g/mol. The van der Waals surface area contributed by atoms with Gasteiger partial charge in [0.25, 0.3) is 0 Å². The first-order valence-corrected chi connectivity index (χ1v) is 13.6. The monoisotopic (exact) mass is 538 g/mol. The average molecular weight is 539 g/mol. The number of carbonyl (C=O) groups excluding carboxylic acids is 1. The summed E-state index contributed by atoms with van der Waals surface area (Å²) in [5.41, 5.74) is 2.03. The Bertz CT molecular complexity index is 1500. The van der Waals surface area contributed by atoms with Crippen LogP contribution in [0.2, 0.25) is 5.02 Å². The molecule has 0 bridgehead atoms. The lowest BCUT2D eigenvalue weighted by molar-refractivity contribution is -0.116. The van der Waals surface area contributed by atoms with Crippen molar-refractivity contribution in [2.24, 2.45) is 5.92 Å².